The monoisotopic (exact) mass is 567 g/mol. The largest absolute Gasteiger partial charge is 0.489 e. The molecule has 0 radical (unpaired) electrons. The Balaban J connectivity index is 1.13. The molecule has 216 valence electrons. The fourth-order valence-corrected chi connectivity index (χ4v) is 4.36. The first kappa shape index (κ1) is 28.7. The number of nitrogens with zero attached hydrogens (tertiary/aromatic N) is 4. The van der Waals surface area contributed by atoms with E-state index in [0.29, 0.717) is 35.7 Å². The predicted molar refractivity (Wildman–Crippen MR) is 160 cm³/mol. The number of carbonyl (C=O) groups excluding carboxylic acids is 2. The maximum atomic E-state index is 12.4. The second-order valence-electron chi connectivity index (χ2n) is 9.65. The average molecular weight is 568 g/mol. The van der Waals surface area contributed by atoms with Crippen LogP contribution in [0.4, 0.5) is 17.3 Å². The summed E-state index contributed by atoms with van der Waals surface area (Å²) in [4.78, 5) is 39.8. The van der Waals surface area contributed by atoms with Gasteiger partial charge in [-0.3, -0.25) is 14.5 Å². The summed E-state index contributed by atoms with van der Waals surface area (Å²) >= 11 is 0. The van der Waals surface area contributed by atoms with Gasteiger partial charge in [0.25, 0.3) is 0 Å². The van der Waals surface area contributed by atoms with E-state index in [1.54, 1.807) is 12.3 Å². The van der Waals surface area contributed by atoms with Crippen LogP contribution in [0, 0.1) is 0 Å². The molecular formula is C31H33N7O4. The van der Waals surface area contributed by atoms with Crippen molar-refractivity contribution in [3.8, 4) is 5.75 Å². The van der Waals surface area contributed by atoms with E-state index < -0.39 is 5.91 Å². The molecule has 2 aromatic heterocycles. The van der Waals surface area contributed by atoms with Crippen molar-refractivity contribution < 1.29 is 19.1 Å². The Morgan fingerprint density at radius 3 is 2.55 bits per heavy atom. The second-order valence-corrected chi connectivity index (χ2v) is 9.65. The third-order valence-corrected chi connectivity index (χ3v) is 6.58. The summed E-state index contributed by atoms with van der Waals surface area (Å²) < 4.78 is 11.2. The van der Waals surface area contributed by atoms with Crippen molar-refractivity contribution in [2.75, 3.05) is 50.0 Å². The topological polar surface area (TPSA) is 131 Å². The Labute approximate surface area is 244 Å². The van der Waals surface area contributed by atoms with Gasteiger partial charge in [0.05, 0.1) is 24.9 Å². The van der Waals surface area contributed by atoms with Crippen LogP contribution in [0.2, 0.25) is 0 Å². The van der Waals surface area contributed by atoms with E-state index in [1.807, 2.05) is 54.6 Å². The third-order valence-electron chi connectivity index (χ3n) is 6.58. The number of hydrogen-bond donors (Lipinski definition) is 3. The van der Waals surface area contributed by atoms with Gasteiger partial charge in [0.1, 0.15) is 30.3 Å². The van der Waals surface area contributed by atoms with E-state index in [0.717, 1.165) is 56.3 Å². The predicted octanol–water partition coefficient (Wildman–Crippen LogP) is 3.68. The van der Waals surface area contributed by atoms with Gasteiger partial charge in [-0.05, 0) is 48.9 Å². The van der Waals surface area contributed by atoms with Gasteiger partial charge in [-0.1, -0.05) is 30.3 Å². The number of fused-ring (bicyclic) bond motifs is 1. The van der Waals surface area contributed by atoms with Crippen LogP contribution < -0.4 is 20.7 Å². The number of morpholine rings is 1. The van der Waals surface area contributed by atoms with Crippen LogP contribution in [0.15, 0.2) is 85.3 Å². The van der Waals surface area contributed by atoms with E-state index in [1.165, 1.54) is 18.5 Å². The van der Waals surface area contributed by atoms with Gasteiger partial charge < -0.3 is 25.4 Å². The molecule has 0 saturated carbocycles. The normalized spacial score (nSPS) is 13.6. The Hall–Kier alpha value is -4.87. The van der Waals surface area contributed by atoms with E-state index in [2.05, 4.69) is 35.8 Å². The molecule has 2 aromatic carbocycles. The summed E-state index contributed by atoms with van der Waals surface area (Å²) in [6.45, 7) is 5.25. The summed E-state index contributed by atoms with van der Waals surface area (Å²) in [5.74, 6) is 0.826. The molecule has 1 fully saturated rings. The summed E-state index contributed by atoms with van der Waals surface area (Å²) in [6.07, 6.45) is 6.24. The standard InChI is InChI=1S/C31H33N7O4/c39-29(32-13-4-14-38-15-17-41-18-16-38)11-12-30(40)37-28-19-26-27(20-33-28)34-22-35-31(26)36-24-7-9-25(10-8-24)42-21-23-5-2-1-3-6-23/h1-3,5-12,19-20,22H,4,13-18,21H2,(H,32,39)(H,33,37,40)(H,34,35,36). The van der Waals surface area contributed by atoms with Gasteiger partial charge in [-0.2, -0.15) is 0 Å². The zero-order chi connectivity index (χ0) is 29.0. The lowest BCUT2D eigenvalue weighted by atomic mass is 10.2. The molecule has 1 aliphatic heterocycles. The lowest BCUT2D eigenvalue weighted by Gasteiger charge is -2.26. The molecular weight excluding hydrogens is 534 g/mol. The van der Waals surface area contributed by atoms with Gasteiger partial charge in [-0.25, -0.2) is 15.0 Å². The Morgan fingerprint density at radius 1 is 0.952 bits per heavy atom. The summed E-state index contributed by atoms with van der Waals surface area (Å²) in [5, 5.41) is 9.46. The quantitative estimate of drug-likeness (QED) is 0.173. The highest BCUT2D eigenvalue weighted by Gasteiger charge is 2.10. The number of anilines is 3. The van der Waals surface area contributed by atoms with Crippen LogP contribution in [0.1, 0.15) is 12.0 Å². The lowest BCUT2D eigenvalue weighted by Crippen LogP contribution is -2.38. The molecule has 5 rings (SSSR count). The third kappa shape index (κ3) is 8.56. The van der Waals surface area contributed by atoms with Gasteiger partial charge in [0.2, 0.25) is 11.8 Å². The number of ether oxygens (including phenoxy) is 2. The number of benzene rings is 2. The number of hydrogen-bond acceptors (Lipinski definition) is 9. The first-order valence-electron chi connectivity index (χ1n) is 13.8. The van der Waals surface area contributed by atoms with Gasteiger partial charge >= 0.3 is 0 Å². The van der Waals surface area contributed by atoms with Crippen molar-refractivity contribution in [1.82, 2.24) is 25.2 Å². The van der Waals surface area contributed by atoms with Crippen molar-refractivity contribution in [1.29, 1.82) is 0 Å². The van der Waals surface area contributed by atoms with Crippen LogP contribution in [-0.4, -0.2) is 71.1 Å². The summed E-state index contributed by atoms with van der Waals surface area (Å²) in [5.41, 5.74) is 2.51. The summed E-state index contributed by atoms with van der Waals surface area (Å²) in [6, 6.07) is 19.2. The minimum Gasteiger partial charge on any atom is -0.489 e. The second kappa shape index (κ2) is 14.7. The zero-order valence-electron chi connectivity index (χ0n) is 23.2. The van der Waals surface area contributed by atoms with Crippen LogP contribution in [0.5, 0.6) is 5.75 Å². The lowest BCUT2D eigenvalue weighted by molar-refractivity contribution is -0.117. The van der Waals surface area contributed by atoms with Crippen LogP contribution in [0.25, 0.3) is 10.9 Å². The molecule has 11 nitrogen and oxygen atoms in total. The molecule has 1 saturated heterocycles. The highest BCUT2D eigenvalue weighted by molar-refractivity contribution is 6.04. The van der Waals surface area contributed by atoms with Gasteiger partial charge in [-0.15, -0.1) is 0 Å². The van der Waals surface area contributed by atoms with Crippen molar-refractivity contribution in [3.05, 3.63) is 90.9 Å². The van der Waals surface area contributed by atoms with E-state index in [4.69, 9.17) is 9.47 Å². The van der Waals surface area contributed by atoms with Gasteiger partial charge in [0.15, 0.2) is 0 Å². The molecule has 0 unspecified atom stereocenters. The number of carbonyl (C=O) groups is 2. The Morgan fingerprint density at radius 2 is 1.74 bits per heavy atom. The fourth-order valence-electron chi connectivity index (χ4n) is 4.36. The van der Waals surface area contributed by atoms with E-state index >= 15 is 0 Å². The molecule has 4 aromatic rings. The summed E-state index contributed by atoms with van der Waals surface area (Å²) in [7, 11) is 0. The van der Waals surface area contributed by atoms with Crippen LogP contribution in [0.3, 0.4) is 0 Å². The molecule has 42 heavy (non-hydrogen) atoms. The van der Waals surface area contributed by atoms with Crippen LogP contribution in [-0.2, 0) is 20.9 Å². The van der Waals surface area contributed by atoms with Crippen molar-refractivity contribution >= 4 is 40.0 Å². The minimum atomic E-state index is -0.470. The number of amides is 2. The molecule has 0 bridgehead atoms. The smallest absolute Gasteiger partial charge is 0.249 e. The molecule has 0 atom stereocenters. The van der Waals surface area contributed by atoms with E-state index in [9.17, 15) is 9.59 Å². The molecule has 0 aliphatic carbocycles. The molecule has 3 N–H and O–H groups in total. The first-order chi connectivity index (χ1) is 20.6. The number of nitrogens with one attached hydrogen (secondary N) is 3. The van der Waals surface area contributed by atoms with Gasteiger partial charge in [0, 0.05) is 42.9 Å². The highest BCUT2D eigenvalue weighted by Crippen LogP contribution is 2.26. The van der Waals surface area contributed by atoms with Crippen LogP contribution >= 0.6 is 0 Å². The Bertz CT molecular complexity index is 1510. The first-order valence-corrected chi connectivity index (χ1v) is 13.8. The minimum absolute atomic E-state index is 0.311. The van der Waals surface area contributed by atoms with E-state index in [-0.39, 0.29) is 5.91 Å². The fraction of sp³-hybridized carbons (Fsp3) is 0.258. The molecule has 3 heterocycles. The molecule has 2 amide bonds. The maximum absolute atomic E-state index is 12.4. The average Bonchev–Trinajstić information content (AvgIpc) is 3.03. The zero-order valence-corrected chi connectivity index (χ0v) is 23.2. The SMILES string of the molecule is O=C(C=CC(=O)Nc1cc2c(Nc3ccc(OCc4ccccc4)cc3)ncnc2cn1)NCCCN1CCOCC1. The van der Waals surface area contributed by atoms with Crippen molar-refractivity contribution in [2.24, 2.45) is 0 Å². The molecule has 1 aliphatic rings. The van der Waals surface area contributed by atoms with Crippen molar-refractivity contribution in [3.63, 3.8) is 0 Å². The number of aromatic nitrogens is 3. The number of pyridine rings is 1. The molecule has 11 heteroatoms. The van der Waals surface area contributed by atoms with Crippen molar-refractivity contribution in [2.45, 2.75) is 13.0 Å². The maximum Gasteiger partial charge on any atom is 0.249 e. The highest BCUT2D eigenvalue weighted by atomic mass is 16.5. The number of rotatable bonds is 12. The molecule has 0 spiro atoms. The Kier molecular flexibility index (Phi) is 10.0.